The molecule has 4 rings (SSSR count). The Hall–Kier alpha value is -3.88. The van der Waals surface area contributed by atoms with Crippen LogP contribution in [-0.4, -0.2) is 16.0 Å². The minimum Gasteiger partial charge on any atom is -0.489 e. The minimum atomic E-state index is -4.34. The van der Waals surface area contributed by atoms with Gasteiger partial charge in [-0.2, -0.15) is 18.2 Å². The van der Waals surface area contributed by atoms with E-state index in [2.05, 4.69) is 24.0 Å². The zero-order valence-corrected chi connectivity index (χ0v) is 21.1. The lowest BCUT2D eigenvalue weighted by atomic mass is 10.0. The van der Waals surface area contributed by atoms with Crippen molar-refractivity contribution in [3.63, 3.8) is 0 Å². The Morgan fingerprint density at radius 1 is 1.05 bits per heavy atom. The molecule has 0 spiro atoms. The largest absolute Gasteiger partial charge is 0.489 e. The van der Waals surface area contributed by atoms with Gasteiger partial charge in [-0.15, -0.1) is 0 Å². The van der Waals surface area contributed by atoms with Gasteiger partial charge in [-0.3, -0.25) is 5.41 Å². The average molecular weight is 513 g/mol. The van der Waals surface area contributed by atoms with E-state index in [1.54, 1.807) is 0 Å². The van der Waals surface area contributed by atoms with Crippen LogP contribution in [0.15, 0.2) is 65.2 Å². The molecule has 37 heavy (non-hydrogen) atoms. The van der Waals surface area contributed by atoms with Crippen molar-refractivity contribution in [2.24, 2.45) is 5.73 Å². The molecule has 0 unspecified atom stereocenters. The highest BCUT2D eigenvalue weighted by Crippen LogP contribution is 2.30. The maximum Gasteiger partial charge on any atom is 0.416 e. The van der Waals surface area contributed by atoms with E-state index in [1.165, 1.54) is 19.1 Å². The second kappa shape index (κ2) is 12.4. The maximum atomic E-state index is 12.7. The number of nitrogens with two attached hydrogens (primary N) is 1. The standard InChI is InChI=1S/C26H25F3N2O2.C2H6N2/c1-3-4-5-17(2)25-30-24(31-33-25)21-9-8-20-15-23(13-10-19(20)14-21)32-16-18-6-11-22(12-7-18)26(27,28)29;1-2(3)4/h6-15,17H,3-5,16H2,1-2H3;1H3,(H3,3,4)/t17-;/m0./s1. The molecule has 0 bridgehead atoms. The summed E-state index contributed by atoms with van der Waals surface area (Å²) < 4.78 is 49.3. The number of nitrogens with one attached hydrogen (secondary N) is 1. The molecular weight excluding hydrogens is 481 g/mol. The third-order valence-corrected chi connectivity index (χ3v) is 5.61. The zero-order chi connectivity index (χ0) is 27.0. The molecule has 0 aliphatic heterocycles. The lowest BCUT2D eigenvalue weighted by molar-refractivity contribution is -0.137. The van der Waals surface area contributed by atoms with E-state index in [4.69, 9.17) is 20.4 Å². The molecule has 3 aromatic carbocycles. The lowest BCUT2D eigenvalue weighted by Crippen LogP contribution is -2.05. The molecule has 1 heterocycles. The molecule has 0 saturated carbocycles. The number of halogens is 3. The topological polar surface area (TPSA) is 98.0 Å². The number of ether oxygens (including phenoxy) is 1. The molecule has 0 aliphatic rings. The smallest absolute Gasteiger partial charge is 0.416 e. The normalized spacial score (nSPS) is 12.1. The maximum absolute atomic E-state index is 12.7. The van der Waals surface area contributed by atoms with Gasteiger partial charge in [-0.25, -0.2) is 0 Å². The predicted octanol–water partition coefficient (Wildman–Crippen LogP) is 7.72. The van der Waals surface area contributed by atoms with Crippen LogP contribution in [0.2, 0.25) is 0 Å². The van der Waals surface area contributed by atoms with Gasteiger partial charge in [0, 0.05) is 11.5 Å². The number of amidine groups is 1. The van der Waals surface area contributed by atoms with Crippen LogP contribution < -0.4 is 10.5 Å². The van der Waals surface area contributed by atoms with Crippen LogP contribution in [0, 0.1) is 5.41 Å². The van der Waals surface area contributed by atoms with Gasteiger partial charge in [-0.05, 0) is 60.0 Å². The van der Waals surface area contributed by atoms with Crippen molar-refractivity contribution in [1.29, 1.82) is 5.41 Å². The van der Waals surface area contributed by atoms with Gasteiger partial charge in [0.2, 0.25) is 11.7 Å². The third-order valence-electron chi connectivity index (χ3n) is 5.61. The summed E-state index contributed by atoms with van der Waals surface area (Å²) in [7, 11) is 0. The van der Waals surface area contributed by atoms with Crippen LogP contribution in [0.3, 0.4) is 0 Å². The molecule has 0 amide bonds. The Kier molecular flexibility index (Phi) is 9.27. The highest BCUT2D eigenvalue weighted by Gasteiger charge is 2.29. The third kappa shape index (κ3) is 8.06. The van der Waals surface area contributed by atoms with Crippen molar-refractivity contribution in [3.05, 3.63) is 77.7 Å². The summed E-state index contributed by atoms with van der Waals surface area (Å²) in [5, 5.41) is 12.4. The molecule has 1 aromatic heterocycles. The van der Waals surface area contributed by atoms with E-state index in [-0.39, 0.29) is 18.4 Å². The van der Waals surface area contributed by atoms with E-state index < -0.39 is 11.7 Å². The number of alkyl halides is 3. The van der Waals surface area contributed by atoms with E-state index in [0.717, 1.165) is 47.7 Å². The fourth-order valence-corrected chi connectivity index (χ4v) is 3.60. The molecule has 1 atom stereocenters. The van der Waals surface area contributed by atoms with E-state index in [9.17, 15) is 13.2 Å². The van der Waals surface area contributed by atoms with Gasteiger partial charge in [-0.1, -0.05) is 62.2 Å². The predicted molar refractivity (Wildman–Crippen MR) is 139 cm³/mol. The fraction of sp³-hybridized carbons (Fsp3) is 0.321. The fourth-order valence-electron chi connectivity index (χ4n) is 3.60. The van der Waals surface area contributed by atoms with Crippen LogP contribution in [-0.2, 0) is 12.8 Å². The van der Waals surface area contributed by atoms with Crippen molar-refractivity contribution in [2.45, 2.75) is 58.7 Å². The number of benzene rings is 3. The first-order valence-corrected chi connectivity index (χ1v) is 12.0. The molecule has 196 valence electrons. The molecule has 3 N–H and O–H groups in total. The molecule has 6 nitrogen and oxygen atoms in total. The first-order chi connectivity index (χ1) is 17.6. The second-order valence-electron chi connectivity index (χ2n) is 8.89. The van der Waals surface area contributed by atoms with Crippen LogP contribution in [0.4, 0.5) is 13.2 Å². The Morgan fingerprint density at radius 2 is 1.70 bits per heavy atom. The summed E-state index contributed by atoms with van der Waals surface area (Å²) in [6.07, 6.45) is -1.07. The SMILES string of the molecule is CC(=N)N.CCCC[C@H](C)c1nc(-c2ccc3cc(OCc4ccc(C(F)(F)F)cc4)ccc3c2)no1. The lowest BCUT2D eigenvalue weighted by Gasteiger charge is -2.10. The molecule has 0 saturated heterocycles. The quantitative estimate of drug-likeness (QED) is 0.186. The van der Waals surface area contributed by atoms with Crippen LogP contribution in [0.1, 0.15) is 63.0 Å². The van der Waals surface area contributed by atoms with Gasteiger partial charge < -0.3 is 15.0 Å². The Balaban J connectivity index is 0.000000886. The number of rotatable bonds is 8. The van der Waals surface area contributed by atoms with Gasteiger partial charge in [0.15, 0.2) is 0 Å². The van der Waals surface area contributed by atoms with E-state index >= 15 is 0 Å². The number of aromatic nitrogens is 2. The highest BCUT2D eigenvalue weighted by atomic mass is 19.4. The van der Waals surface area contributed by atoms with Crippen molar-refractivity contribution in [3.8, 4) is 17.1 Å². The highest BCUT2D eigenvalue weighted by molar-refractivity contribution is 5.87. The van der Waals surface area contributed by atoms with E-state index in [0.29, 0.717) is 23.0 Å². The first-order valence-electron chi connectivity index (χ1n) is 12.0. The van der Waals surface area contributed by atoms with Crippen LogP contribution in [0.25, 0.3) is 22.2 Å². The van der Waals surface area contributed by atoms with Gasteiger partial charge in [0.05, 0.1) is 11.4 Å². The van der Waals surface area contributed by atoms with Crippen LogP contribution >= 0.6 is 0 Å². The first kappa shape index (κ1) is 27.7. The Bertz CT molecular complexity index is 1310. The van der Waals surface area contributed by atoms with Gasteiger partial charge >= 0.3 is 6.18 Å². The minimum absolute atomic E-state index is 0.167. The van der Waals surface area contributed by atoms with E-state index in [1.807, 2.05) is 36.4 Å². The molecule has 0 radical (unpaired) electrons. The Morgan fingerprint density at radius 3 is 2.35 bits per heavy atom. The molecule has 9 heteroatoms. The van der Waals surface area contributed by atoms with Crippen molar-refractivity contribution >= 4 is 16.6 Å². The number of unbranched alkanes of at least 4 members (excludes halogenated alkanes) is 1. The summed E-state index contributed by atoms with van der Waals surface area (Å²) in [5.74, 6) is 2.27. The molecule has 0 fully saturated rings. The van der Waals surface area contributed by atoms with Gasteiger partial charge in [0.25, 0.3) is 0 Å². The number of nitrogens with zero attached hydrogens (tertiary/aromatic N) is 2. The summed E-state index contributed by atoms with van der Waals surface area (Å²) in [6.45, 7) is 5.97. The van der Waals surface area contributed by atoms with Crippen molar-refractivity contribution in [1.82, 2.24) is 10.1 Å². The number of fused-ring (bicyclic) bond motifs is 1. The summed E-state index contributed by atoms with van der Waals surface area (Å²) in [5.41, 5.74) is 5.56. The summed E-state index contributed by atoms with van der Waals surface area (Å²) in [4.78, 5) is 4.57. The monoisotopic (exact) mass is 512 g/mol. The average Bonchev–Trinajstić information content (AvgIpc) is 3.35. The van der Waals surface area contributed by atoms with Crippen molar-refractivity contribution < 1.29 is 22.4 Å². The number of hydrogen-bond donors (Lipinski definition) is 2. The molecule has 4 aromatic rings. The van der Waals surface area contributed by atoms with Crippen molar-refractivity contribution in [2.75, 3.05) is 0 Å². The molecular formula is C28H31F3N4O2. The second-order valence-corrected chi connectivity index (χ2v) is 8.89. The number of hydrogen-bond acceptors (Lipinski definition) is 5. The Labute approximate surface area is 214 Å². The molecule has 0 aliphatic carbocycles. The zero-order valence-electron chi connectivity index (χ0n) is 21.1. The summed E-state index contributed by atoms with van der Waals surface area (Å²) in [6, 6.07) is 16.6. The summed E-state index contributed by atoms with van der Waals surface area (Å²) >= 11 is 0. The van der Waals surface area contributed by atoms with Gasteiger partial charge in [0.1, 0.15) is 12.4 Å². The van der Waals surface area contributed by atoms with Crippen LogP contribution in [0.5, 0.6) is 5.75 Å².